The summed E-state index contributed by atoms with van der Waals surface area (Å²) in [4.78, 5) is 25.4. The molecule has 3 heterocycles. The van der Waals surface area contributed by atoms with Crippen LogP contribution in [-0.4, -0.2) is 27.1 Å². The van der Waals surface area contributed by atoms with Crippen LogP contribution in [0.1, 0.15) is 18.5 Å². The Morgan fingerprint density at radius 2 is 2.04 bits per heavy atom. The van der Waals surface area contributed by atoms with E-state index in [0.29, 0.717) is 33.9 Å². The van der Waals surface area contributed by atoms with Crippen molar-refractivity contribution < 1.29 is 4.74 Å². The maximum absolute atomic E-state index is 12.9. The third-order valence-electron chi connectivity index (χ3n) is 4.71. The first-order valence-electron chi connectivity index (χ1n) is 8.27. The number of benzene rings is 1. The van der Waals surface area contributed by atoms with E-state index in [9.17, 15) is 9.59 Å². The van der Waals surface area contributed by atoms with Crippen LogP contribution < -0.4 is 11.1 Å². The van der Waals surface area contributed by atoms with Crippen molar-refractivity contribution in [2.45, 2.75) is 32.4 Å². The molecule has 1 atom stereocenters. The Balaban J connectivity index is 1.86. The van der Waals surface area contributed by atoms with Gasteiger partial charge in [0.1, 0.15) is 0 Å². The molecule has 1 fully saturated rings. The summed E-state index contributed by atoms with van der Waals surface area (Å²) < 4.78 is 8.70. The summed E-state index contributed by atoms with van der Waals surface area (Å²) in [6.45, 7) is 3.01. The van der Waals surface area contributed by atoms with Crippen molar-refractivity contribution >= 4 is 22.5 Å². The van der Waals surface area contributed by atoms with Crippen LogP contribution in [-0.2, 0) is 11.3 Å². The van der Waals surface area contributed by atoms with Gasteiger partial charge in [-0.05, 0) is 44.0 Å². The van der Waals surface area contributed by atoms with Crippen LogP contribution in [0.2, 0.25) is 5.02 Å². The maximum atomic E-state index is 12.9. The lowest BCUT2D eigenvalue weighted by molar-refractivity contribution is 0.0958. The number of H-pyrrole nitrogens is 1. The predicted octanol–water partition coefficient (Wildman–Crippen LogP) is 2.62. The van der Waals surface area contributed by atoms with Crippen molar-refractivity contribution in [2.75, 3.05) is 6.61 Å². The van der Waals surface area contributed by atoms with Gasteiger partial charge in [-0.2, -0.15) is 0 Å². The van der Waals surface area contributed by atoms with E-state index in [1.54, 1.807) is 35.8 Å². The van der Waals surface area contributed by atoms with Gasteiger partial charge in [-0.3, -0.25) is 14.7 Å². The van der Waals surface area contributed by atoms with Crippen LogP contribution in [0.15, 0.2) is 39.9 Å². The van der Waals surface area contributed by atoms with E-state index in [1.807, 2.05) is 0 Å². The van der Waals surface area contributed by atoms with E-state index in [-0.39, 0.29) is 17.2 Å². The smallest absolute Gasteiger partial charge is 0.280 e. The molecule has 0 aliphatic carbocycles. The molecule has 0 spiro atoms. The van der Waals surface area contributed by atoms with Crippen LogP contribution in [0.3, 0.4) is 0 Å². The molecule has 1 aliphatic heterocycles. The first-order valence-corrected chi connectivity index (χ1v) is 8.65. The fraction of sp³-hybridized carbons (Fsp3) is 0.333. The Labute approximate surface area is 148 Å². The Hall–Kier alpha value is -2.31. The molecular formula is C18H18ClN3O3. The SMILES string of the molecule is Cc1c2c(=O)n(-c3ccc(Cl)cc3)[nH]c2cc(=O)n1C[C@H]1CCCO1. The third-order valence-corrected chi connectivity index (χ3v) is 4.97. The summed E-state index contributed by atoms with van der Waals surface area (Å²) in [5.74, 6) is 0. The van der Waals surface area contributed by atoms with Crippen LogP contribution in [0.4, 0.5) is 0 Å². The summed E-state index contributed by atoms with van der Waals surface area (Å²) in [5.41, 5.74) is 1.54. The van der Waals surface area contributed by atoms with Gasteiger partial charge in [-0.15, -0.1) is 0 Å². The number of nitrogens with one attached hydrogen (secondary N) is 1. The summed E-state index contributed by atoms with van der Waals surface area (Å²) in [6.07, 6.45) is 1.98. The van der Waals surface area contributed by atoms with Gasteiger partial charge in [-0.1, -0.05) is 11.6 Å². The fourth-order valence-corrected chi connectivity index (χ4v) is 3.53. The number of hydrogen-bond acceptors (Lipinski definition) is 3. The minimum Gasteiger partial charge on any atom is -0.376 e. The van der Waals surface area contributed by atoms with Crippen molar-refractivity contribution in [1.29, 1.82) is 0 Å². The first-order chi connectivity index (χ1) is 12.0. The summed E-state index contributed by atoms with van der Waals surface area (Å²) in [6, 6.07) is 8.43. The molecule has 25 heavy (non-hydrogen) atoms. The minimum absolute atomic E-state index is 0.0336. The van der Waals surface area contributed by atoms with Crippen LogP contribution in [0.5, 0.6) is 0 Å². The number of pyridine rings is 1. The molecule has 130 valence electrons. The quantitative estimate of drug-likeness (QED) is 0.781. The molecule has 3 aromatic rings. The van der Waals surface area contributed by atoms with E-state index in [4.69, 9.17) is 16.3 Å². The first kappa shape index (κ1) is 16.2. The van der Waals surface area contributed by atoms with Crippen molar-refractivity contribution in [2.24, 2.45) is 0 Å². The van der Waals surface area contributed by atoms with Crippen LogP contribution in [0, 0.1) is 6.92 Å². The zero-order valence-corrected chi connectivity index (χ0v) is 14.5. The zero-order valence-electron chi connectivity index (χ0n) is 13.8. The van der Waals surface area contributed by atoms with Gasteiger partial charge in [0.05, 0.1) is 29.2 Å². The number of ether oxygens (including phenoxy) is 1. The zero-order chi connectivity index (χ0) is 17.6. The van der Waals surface area contributed by atoms with E-state index < -0.39 is 0 Å². The molecule has 1 aromatic carbocycles. The number of nitrogens with zero attached hydrogens (tertiary/aromatic N) is 2. The molecule has 7 heteroatoms. The van der Waals surface area contributed by atoms with E-state index >= 15 is 0 Å². The molecular weight excluding hydrogens is 342 g/mol. The standard InChI is InChI=1S/C18H18ClN3O3/c1-11-17-15(9-16(23)21(11)10-14-3-2-8-25-14)20-22(18(17)24)13-6-4-12(19)5-7-13/h4-7,9,14,20H,2-3,8,10H2,1H3/t14-/m1/s1. The molecule has 4 rings (SSSR count). The van der Waals surface area contributed by atoms with E-state index in [1.165, 1.54) is 10.7 Å². The predicted molar refractivity (Wildman–Crippen MR) is 96.9 cm³/mol. The lowest BCUT2D eigenvalue weighted by Crippen LogP contribution is -2.28. The number of hydrogen-bond donors (Lipinski definition) is 1. The molecule has 0 saturated carbocycles. The van der Waals surface area contributed by atoms with Gasteiger partial charge in [0.15, 0.2) is 0 Å². The highest BCUT2D eigenvalue weighted by Gasteiger charge is 2.20. The van der Waals surface area contributed by atoms with Gasteiger partial charge < -0.3 is 9.30 Å². The number of aromatic nitrogens is 3. The molecule has 0 radical (unpaired) electrons. The number of aryl methyl sites for hydroxylation is 1. The Bertz CT molecular complexity index is 1040. The van der Waals surface area contributed by atoms with Gasteiger partial charge in [0.25, 0.3) is 11.1 Å². The number of halogens is 1. The largest absolute Gasteiger partial charge is 0.376 e. The minimum atomic E-state index is -0.184. The molecule has 1 N–H and O–H groups in total. The van der Waals surface area contributed by atoms with E-state index in [0.717, 1.165) is 19.4 Å². The highest BCUT2D eigenvalue weighted by atomic mass is 35.5. The monoisotopic (exact) mass is 359 g/mol. The van der Waals surface area contributed by atoms with Gasteiger partial charge in [0.2, 0.25) is 0 Å². The second-order valence-electron chi connectivity index (χ2n) is 6.33. The van der Waals surface area contributed by atoms with Gasteiger partial charge in [-0.25, -0.2) is 4.68 Å². The van der Waals surface area contributed by atoms with Crippen molar-refractivity contribution in [3.63, 3.8) is 0 Å². The Kier molecular flexibility index (Phi) is 4.01. The van der Waals surface area contributed by atoms with Crippen LogP contribution in [0.25, 0.3) is 16.6 Å². The molecule has 0 amide bonds. The second-order valence-corrected chi connectivity index (χ2v) is 6.77. The lowest BCUT2D eigenvalue weighted by atomic mass is 10.2. The topological polar surface area (TPSA) is 69.0 Å². The van der Waals surface area contributed by atoms with Gasteiger partial charge in [0, 0.05) is 23.4 Å². The summed E-state index contributed by atoms with van der Waals surface area (Å²) in [7, 11) is 0. The number of rotatable bonds is 3. The van der Waals surface area contributed by atoms with E-state index in [2.05, 4.69) is 5.10 Å². The lowest BCUT2D eigenvalue weighted by Gasteiger charge is -2.14. The average molecular weight is 360 g/mol. The highest BCUT2D eigenvalue weighted by molar-refractivity contribution is 6.30. The summed E-state index contributed by atoms with van der Waals surface area (Å²) in [5, 5.41) is 4.14. The molecule has 2 aromatic heterocycles. The molecule has 0 unspecified atom stereocenters. The van der Waals surface area contributed by atoms with Gasteiger partial charge >= 0.3 is 0 Å². The fourth-order valence-electron chi connectivity index (χ4n) is 3.40. The van der Waals surface area contributed by atoms with Crippen LogP contribution >= 0.6 is 11.6 Å². The van der Waals surface area contributed by atoms with Crippen molar-refractivity contribution in [3.05, 3.63) is 61.8 Å². The molecule has 0 bridgehead atoms. The van der Waals surface area contributed by atoms with Crippen molar-refractivity contribution in [3.8, 4) is 5.69 Å². The van der Waals surface area contributed by atoms with Crippen molar-refractivity contribution in [1.82, 2.24) is 14.3 Å². The molecule has 1 saturated heterocycles. The summed E-state index contributed by atoms with van der Waals surface area (Å²) >= 11 is 5.91. The highest BCUT2D eigenvalue weighted by Crippen LogP contribution is 2.18. The Morgan fingerprint density at radius 1 is 1.28 bits per heavy atom. The third kappa shape index (κ3) is 2.81. The Morgan fingerprint density at radius 3 is 2.72 bits per heavy atom. The maximum Gasteiger partial charge on any atom is 0.280 e. The molecule has 6 nitrogen and oxygen atoms in total. The second kappa shape index (κ2) is 6.20. The molecule has 1 aliphatic rings. The normalized spacial score (nSPS) is 17.4. The number of aromatic amines is 1. The average Bonchev–Trinajstić information content (AvgIpc) is 3.20. The number of fused-ring (bicyclic) bond motifs is 1.